The van der Waals surface area contributed by atoms with Gasteiger partial charge in [0.05, 0.1) is 13.2 Å². The molecule has 1 aromatic carbocycles. The van der Waals surface area contributed by atoms with Gasteiger partial charge in [0.1, 0.15) is 0 Å². The van der Waals surface area contributed by atoms with Crippen LogP contribution in [0.4, 0.5) is 0 Å². The van der Waals surface area contributed by atoms with E-state index in [-0.39, 0.29) is 17.7 Å². The van der Waals surface area contributed by atoms with Gasteiger partial charge in [-0.2, -0.15) is 0 Å². The summed E-state index contributed by atoms with van der Waals surface area (Å²) in [4.78, 5) is 30.4. The highest BCUT2D eigenvalue weighted by atomic mass is 32.1. The number of thiophene rings is 1. The summed E-state index contributed by atoms with van der Waals surface area (Å²) in [5.74, 6) is 0.281. The average Bonchev–Trinajstić information content (AvgIpc) is 3.22. The van der Waals surface area contributed by atoms with E-state index in [4.69, 9.17) is 4.74 Å². The number of benzene rings is 1. The second-order valence-electron chi connectivity index (χ2n) is 8.31. The van der Waals surface area contributed by atoms with E-state index >= 15 is 0 Å². The minimum absolute atomic E-state index is 0.0901. The Bertz CT molecular complexity index is 830. The lowest BCUT2D eigenvalue weighted by Crippen LogP contribution is -2.61. The fourth-order valence-electron chi connectivity index (χ4n) is 3.75. The quantitative estimate of drug-likeness (QED) is 0.724. The summed E-state index contributed by atoms with van der Waals surface area (Å²) < 4.78 is 6.10. The maximum Gasteiger partial charge on any atom is 0.256 e. The molecule has 1 aromatic heterocycles. The largest absolute Gasteiger partial charge is 0.361 e. The maximum atomic E-state index is 13.1. The maximum absolute atomic E-state index is 13.1. The first kappa shape index (κ1) is 21.5. The van der Waals surface area contributed by atoms with Crippen LogP contribution in [0.2, 0.25) is 0 Å². The molecule has 2 amide bonds. The molecule has 0 radical (unpaired) electrons. The van der Waals surface area contributed by atoms with Crippen LogP contribution in [0.3, 0.4) is 0 Å². The molecule has 156 valence electrons. The molecule has 5 nitrogen and oxygen atoms in total. The first-order valence-corrected chi connectivity index (χ1v) is 10.9. The summed E-state index contributed by atoms with van der Waals surface area (Å²) in [5.41, 5.74) is 1.15. The van der Waals surface area contributed by atoms with E-state index in [0.29, 0.717) is 32.5 Å². The SMILES string of the molecule is CC(C)CC(=O)N1CCO[C@](Cc2ccc(-c3cccs3)cc2)(C(=O)N(C)C)C1. The number of carbonyl (C=O) groups excluding carboxylic acids is 2. The average molecular weight is 415 g/mol. The zero-order valence-electron chi connectivity index (χ0n) is 17.7. The lowest BCUT2D eigenvalue weighted by atomic mass is 9.90. The topological polar surface area (TPSA) is 49.9 Å². The van der Waals surface area contributed by atoms with Crippen molar-refractivity contribution in [2.45, 2.75) is 32.3 Å². The number of carbonyl (C=O) groups is 2. The predicted octanol–water partition coefficient (Wildman–Crippen LogP) is 3.69. The first-order chi connectivity index (χ1) is 13.8. The van der Waals surface area contributed by atoms with Crippen LogP contribution in [0, 0.1) is 5.92 Å². The summed E-state index contributed by atoms with van der Waals surface area (Å²) in [7, 11) is 3.48. The van der Waals surface area contributed by atoms with Crippen molar-refractivity contribution in [1.82, 2.24) is 9.80 Å². The lowest BCUT2D eigenvalue weighted by molar-refractivity contribution is -0.172. The molecule has 1 aliphatic rings. The van der Waals surface area contributed by atoms with Crippen LogP contribution in [-0.4, -0.2) is 61.0 Å². The van der Waals surface area contributed by atoms with E-state index in [0.717, 1.165) is 11.1 Å². The van der Waals surface area contributed by atoms with Gasteiger partial charge in [-0.1, -0.05) is 44.2 Å². The fraction of sp³-hybridized carbons (Fsp3) is 0.478. The molecule has 1 atom stereocenters. The number of amides is 2. The number of likely N-dealkylation sites (N-methyl/N-ethyl adjacent to an activating group) is 1. The Kier molecular flexibility index (Phi) is 6.75. The third kappa shape index (κ3) is 5.06. The summed E-state index contributed by atoms with van der Waals surface area (Å²) in [5, 5.41) is 2.06. The molecule has 2 aromatic rings. The standard InChI is InChI=1S/C23H30N2O3S/c1-17(2)14-21(26)25-11-12-28-23(16-25,22(27)24(3)4)15-18-7-9-19(10-8-18)20-6-5-13-29-20/h5-10,13,17H,11-12,14-16H2,1-4H3/t23-/m0/s1. The Hall–Kier alpha value is -2.18. The van der Waals surface area contributed by atoms with Crippen molar-refractivity contribution in [1.29, 1.82) is 0 Å². The van der Waals surface area contributed by atoms with Crippen LogP contribution < -0.4 is 0 Å². The van der Waals surface area contributed by atoms with Crippen molar-refractivity contribution in [3.8, 4) is 10.4 Å². The van der Waals surface area contributed by atoms with Gasteiger partial charge in [0.2, 0.25) is 5.91 Å². The molecule has 1 aliphatic heterocycles. The molecule has 6 heteroatoms. The molecule has 1 fully saturated rings. The Labute approximate surface area is 177 Å². The Morgan fingerprint density at radius 1 is 1.21 bits per heavy atom. The number of hydrogen-bond acceptors (Lipinski definition) is 4. The van der Waals surface area contributed by atoms with E-state index in [2.05, 4.69) is 35.7 Å². The molecular formula is C23H30N2O3S. The van der Waals surface area contributed by atoms with E-state index in [1.807, 2.05) is 19.9 Å². The van der Waals surface area contributed by atoms with Gasteiger partial charge in [-0.3, -0.25) is 9.59 Å². The Morgan fingerprint density at radius 3 is 2.52 bits per heavy atom. The van der Waals surface area contributed by atoms with Gasteiger partial charge in [0.25, 0.3) is 5.91 Å². The number of morpholine rings is 1. The Balaban J connectivity index is 1.83. The third-order valence-corrected chi connectivity index (χ3v) is 6.09. The van der Waals surface area contributed by atoms with Gasteiger partial charge >= 0.3 is 0 Å². The lowest BCUT2D eigenvalue weighted by Gasteiger charge is -2.43. The molecule has 2 heterocycles. The minimum Gasteiger partial charge on any atom is -0.361 e. The highest BCUT2D eigenvalue weighted by Crippen LogP contribution is 2.29. The van der Waals surface area contributed by atoms with E-state index in [9.17, 15) is 9.59 Å². The third-order valence-electron chi connectivity index (χ3n) is 5.17. The molecule has 1 saturated heterocycles. The van der Waals surface area contributed by atoms with Crippen LogP contribution in [0.15, 0.2) is 41.8 Å². The second-order valence-corrected chi connectivity index (χ2v) is 9.25. The summed E-state index contributed by atoms with van der Waals surface area (Å²) in [6, 6.07) is 12.4. The summed E-state index contributed by atoms with van der Waals surface area (Å²) >= 11 is 1.70. The molecule has 3 rings (SSSR count). The molecule has 0 N–H and O–H groups in total. The molecule has 0 spiro atoms. The van der Waals surface area contributed by atoms with Crippen LogP contribution in [0.25, 0.3) is 10.4 Å². The molecule has 0 saturated carbocycles. The summed E-state index contributed by atoms with van der Waals surface area (Å²) in [6.45, 7) is 5.27. The van der Waals surface area contributed by atoms with Crippen molar-refractivity contribution in [2.75, 3.05) is 33.8 Å². The van der Waals surface area contributed by atoms with Gasteiger partial charge < -0.3 is 14.5 Å². The number of hydrogen-bond donors (Lipinski definition) is 0. The molecule has 0 bridgehead atoms. The molecule has 29 heavy (non-hydrogen) atoms. The second kappa shape index (κ2) is 9.09. The molecular weight excluding hydrogens is 384 g/mol. The smallest absolute Gasteiger partial charge is 0.256 e. The van der Waals surface area contributed by atoms with E-state index in [1.54, 1.807) is 35.2 Å². The predicted molar refractivity (Wildman–Crippen MR) is 117 cm³/mol. The van der Waals surface area contributed by atoms with Crippen molar-refractivity contribution in [3.05, 3.63) is 47.3 Å². The summed E-state index contributed by atoms with van der Waals surface area (Å²) in [6.07, 6.45) is 0.932. The molecule has 0 aliphatic carbocycles. The van der Waals surface area contributed by atoms with Gasteiger partial charge in [0, 0.05) is 38.4 Å². The van der Waals surface area contributed by atoms with Crippen LogP contribution in [0.1, 0.15) is 25.8 Å². The van der Waals surface area contributed by atoms with Crippen molar-refractivity contribution >= 4 is 23.2 Å². The van der Waals surface area contributed by atoms with Crippen molar-refractivity contribution in [2.24, 2.45) is 5.92 Å². The highest BCUT2D eigenvalue weighted by Gasteiger charge is 2.45. The van der Waals surface area contributed by atoms with Gasteiger partial charge in [-0.15, -0.1) is 11.3 Å². The normalized spacial score (nSPS) is 19.4. The highest BCUT2D eigenvalue weighted by molar-refractivity contribution is 7.13. The number of ether oxygens (including phenoxy) is 1. The van der Waals surface area contributed by atoms with Gasteiger partial charge in [-0.05, 0) is 28.5 Å². The van der Waals surface area contributed by atoms with Crippen LogP contribution >= 0.6 is 11.3 Å². The van der Waals surface area contributed by atoms with Crippen molar-refractivity contribution < 1.29 is 14.3 Å². The Morgan fingerprint density at radius 2 is 1.93 bits per heavy atom. The van der Waals surface area contributed by atoms with E-state index in [1.165, 1.54) is 4.88 Å². The van der Waals surface area contributed by atoms with Crippen LogP contribution in [-0.2, 0) is 20.7 Å². The van der Waals surface area contributed by atoms with E-state index < -0.39 is 5.60 Å². The monoisotopic (exact) mass is 414 g/mol. The zero-order valence-corrected chi connectivity index (χ0v) is 18.5. The number of rotatable bonds is 6. The fourth-order valence-corrected chi connectivity index (χ4v) is 4.49. The zero-order chi connectivity index (χ0) is 21.0. The number of nitrogens with zero attached hydrogens (tertiary/aromatic N) is 2. The van der Waals surface area contributed by atoms with Crippen molar-refractivity contribution in [3.63, 3.8) is 0 Å². The molecule has 0 unspecified atom stereocenters. The van der Waals surface area contributed by atoms with Crippen LogP contribution in [0.5, 0.6) is 0 Å². The van der Waals surface area contributed by atoms with Gasteiger partial charge in [0.15, 0.2) is 5.60 Å². The first-order valence-electron chi connectivity index (χ1n) is 10.1. The minimum atomic E-state index is -1.04. The van der Waals surface area contributed by atoms with Gasteiger partial charge in [-0.25, -0.2) is 0 Å².